The van der Waals surface area contributed by atoms with Crippen molar-refractivity contribution in [2.45, 2.75) is 19.9 Å². The van der Waals surface area contributed by atoms with Crippen molar-refractivity contribution in [2.24, 2.45) is 5.73 Å². The number of hydrogen-bond acceptors (Lipinski definition) is 4. The lowest BCUT2D eigenvalue weighted by molar-refractivity contribution is 0.0368. The zero-order chi connectivity index (χ0) is 14.5. The van der Waals surface area contributed by atoms with Crippen LogP contribution in [0, 0.1) is 6.92 Å². The maximum absolute atomic E-state index is 5.81. The average molecular weight is 293 g/mol. The van der Waals surface area contributed by atoms with E-state index in [9.17, 15) is 0 Å². The van der Waals surface area contributed by atoms with Gasteiger partial charge in [-0.2, -0.15) is 0 Å². The van der Waals surface area contributed by atoms with Crippen LogP contribution in [0.4, 0.5) is 5.69 Å². The monoisotopic (exact) mass is 293 g/mol. The summed E-state index contributed by atoms with van der Waals surface area (Å²) >= 11 is 5.13. The van der Waals surface area contributed by atoms with E-state index in [1.54, 1.807) is 0 Å². The maximum atomic E-state index is 5.81. The molecule has 0 bridgehead atoms. The van der Waals surface area contributed by atoms with Gasteiger partial charge in [0.25, 0.3) is 0 Å². The Morgan fingerprint density at radius 3 is 2.80 bits per heavy atom. The van der Waals surface area contributed by atoms with Crippen molar-refractivity contribution >= 4 is 22.9 Å². The fourth-order valence-electron chi connectivity index (χ4n) is 2.53. The first kappa shape index (κ1) is 15.2. The number of aryl methyl sites for hydroxylation is 1. The van der Waals surface area contributed by atoms with E-state index in [1.165, 1.54) is 5.56 Å². The van der Waals surface area contributed by atoms with Crippen molar-refractivity contribution in [3.63, 3.8) is 0 Å². The van der Waals surface area contributed by atoms with Crippen LogP contribution in [0.3, 0.4) is 0 Å². The molecule has 20 heavy (non-hydrogen) atoms. The number of anilines is 1. The van der Waals surface area contributed by atoms with E-state index < -0.39 is 0 Å². The second-order valence-electron chi connectivity index (χ2n) is 5.32. The van der Waals surface area contributed by atoms with Crippen molar-refractivity contribution in [1.29, 1.82) is 0 Å². The van der Waals surface area contributed by atoms with E-state index in [2.05, 4.69) is 30.1 Å². The van der Waals surface area contributed by atoms with E-state index in [0.29, 0.717) is 11.0 Å². The van der Waals surface area contributed by atoms with E-state index >= 15 is 0 Å². The summed E-state index contributed by atoms with van der Waals surface area (Å²) in [6.07, 6.45) is 0. The molecular formula is C15H23N3OS. The molecule has 1 aromatic rings. The smallest absolute Gasteiger partial charge is 0.106 e. The predicted octanol–water partition coefficient (Wildman–Crippen LogP) is 1.76. The van der Waals surface area contributed by atoms with Gasteiger partial charge in [-0.15, -0.1) is 0 Å². The molecule has 110 valence electrons. The summed E-state index contributed by atoms with van der Waals surface area (Å²) in [6.45, 7) is 8.92. The topological polar surface area (TPSA) is 50.5 Å². The number of nitrogens with zero attached hydrogens (tertiary/aromatic N) is 1. The SMILES string of the molecule is Cc1cccc(C(N)=S)c1NC(C)CN1CCOCC1. The molecule has 1 heterocycles. The highest BCUT2D eigenvalue weighted by Crippen LogP contribution is 2.21. The number of nitrogens with one attached hydrogen (secondary N) is 1. The van der Waals surface area contributed by atoms with Gasteiger partial charge in [-0.05, 0) is 25.5 Å². The van der Waals surface area contributed by atoms with Crippen LogP contribution < -0.4 is 11.1 Å². The second kappa shape index (κ2) is 7.02. The van der Waals surface area contributed by atoms with Crippen molar-refractivity contribution in [1.82, 2.24) is 4.90 Å². The zero-order valence-electron chi connectivity index (χ0n) is 12.2. The Hall–Kier alpha value is -1.17. The third-order valence-electron chi connectivity index (χ3n) is 3.56. The van der Waals surface area contributed by atoms with Crippen LogP contribution in [0.15, 0.2) is 18.2 Å². The van der Waals surface area contributed by atoms with E-state index in [0.717, 1.165) is 44.1 Å². The van der Waals surface area contributed by atoms with Crippen molar-refractivity contribution in [3.8, 4) is 0 Å². The molecule has 0 aromatic heterocycles. The standard InChI is InChI=1S/C15H23N3OS/c1-11-4-3-5-13(15(16)20)14(11)17-12(2)10-18-6-8-19-9-7-18/h3-5,12,17H,6-10H2,1-2H3,(H2,16,20). The minimum absolute atomic E-state index is 0.335. The molecule has 0 amide bonds. The molecule has 0 saturated carbocycles. The number of thiocarbonyl (C=S) groups is 1. The first-order chi connectivity index (χ1) is 9.58. The third kappa shape index (κ3) is 3.91. The van der Waals surface area contributed by atoms with Crippen LogP contribution in [-0.2, 0) is 4.74 Å². The van der Waals surface area contributed by atoms with Crippen LogP contribution in [0.5, 0.6) is 0 Å². The summed E-state index contributed by atoms with van der Waals surface area (Å²) in [5.41, 5.74) is 8.96. The normalized spacial score (nSPS) is 17.7. The van der Waals surface area contributed by atoms with Crippen LogP contribution in [-0.4, -0.2) is 48.8 Å². The van der Waals surface area contributed by atoms with Gasteiger partial charge in [0.05, 0.1) is 13.2 Å². The average Bonchev–Trinajstić information content (AvgIpc) is 2.42. The maximum Gasteiger partial charge on any atom is 0.106 e. The van der Waals surface area contributed by atoms with Gasteiger partial charge in [0, 0.05) is 36.9 Å². The molecule has 1 unspecified atom stereocenters. The highest BCUT2D eigenvalue weighted by atomic mass is 32.1. The fraction of sp³-hybridized carbons (Fsp3) is 0.533. The molecule has 5 heteroatoms. The zero-order valence-corrected chi connectivity index (χ0v) is 13.0. The Morgan fingerprint density at radius 1 is 1.45 bits per heavy atom. The number of hydrogen-bond donors (Lipinski definition) is 2. The van der Waals surface area contributed by atoms with Crippen molar-refractivity contribution in [3.05, 3.63) is 29.3 Å². The largest absolute Gasteiger partial charge is 0.389 e. The lowest BCUT2D eigenvalue weighted by atomic mass is 10.1. The highest BCUT2D eigenvalue weighted by molar-refractivity contribution is 7.80. The molecular weight excluding hydrogens is 270 g/mol. The minimum Gasteiger partial charge on any atom is -0.389 e. The summed E-state index contributed by atoms with van der Waals surface area (Å²) in [6, 6.07) is 6.37. The molecule has 2 rings (SSSR count). The number of benzene rings is 1. The fourth-order valence-corrected chi connectivity index (χ4v) is 2.70. The number of ether oxygens (including phenoxy) is 1. The van der Waals surface area contributed by atoms with E-state index in [-0.39, 0.29) is 0 Å². The summed E-state index contributed by atoms with van der Waals surface area (Å²) < 4.78 is 5.37. The molecule has 1 aliphatic heterocycles. The Labute approximate surface area is 126 Å². The van der Waals surface area contributed by atoms with Gasteiger partial charge in [-0.25, -0.2) is 0 Å². The molecule has 0 radical (unpaired) electrons. The minimum atomic E-state index is 0.335. The quantitative estimate of drug-likeness (QED) is 0.810. The summed E-state index contributed by atoms with van der Waals surface area (Å²) in [5, 5.41) is 3.56. The first-order valence-electron chi connectivity index (χ1n) is 7.04. The van der Waals surface area contributed by atoms with Gasteiger partial charge in [0.1, 0.15) is 4.99 Å². The molecule has 0 spiro atoms. The molecule has 1 atom stereocenters. The number of nitrogens with two attached hydrogens (primary N) is 1. The van der Waals surface area contributed by atoms with Crippen LogP contribution >= 0.6 is 12.2 Å². The molecule has 1 fully saturated rings. The number of rotatable bonds is 5. The lowest BCUT2D eigenvalue weighted by Crippen LogP contribution is -2.42. The Kier molecular flexibility index (Phi) is 5.34. The summed E-state index contributed by atoms with van der Waals surface area (Å²) in [4.78, 5) is 2.86. The molecule has 1 saturated heterocycles. The van der Waals surface area contributed by atoms with Crippen LogP contribution in [0.25, 0.3) is 0 Å². The van der Waals surface area contributed by atoms with Gasteiger partial charge in [-0.1, -0.05) is 24.4 Å². The molecule has 1 aliphatic rings. The van der Waals surface area contributed by atoms with Crippen molar-refractivity contribution in [2.75, 3.05) is 38.2 Å². The molecule has 4 nitrogen and oxygen atoms in total. The number of morpholine rings is 1. The van der Waals surface area contributed by atoms with E-state index in [1.807, 2.05) is 12.1 Å². The third-order valence-corrected chi connectivity index (χ3v) is 3.78. The molecule has 0 aliphatic carbocycles. The summed E-state index contributed by atoms with van der Waals surface area (Å²) in [7, 11) is 0. The van der Waals surface area contributed by atoms with Gasteiger partial charge < -0.3 is 15.8 Å². The van der Waals surface area contributed by atoms with Gasteiger partial charge >= 0.3 is 0 Å². The molecule has 1 aromatic carbocycles. The van der Waals surface area contributed by atoms with Gasteiger partial charge in [0.2, 0.25) is 0 Å². The van der Waals surface area contributed by atoms with Crippen molar-refractivity contribution < 1.29 is 4.74 Å². The number of para-hydroxylation sites is 1. The highest BCUT2D eigenvalue weighted by Gasteiger charge is 2.15. The lowest BCUT2D eigenvalue weighted by Gasteiger charge is -2.30. The Bertz CT molecular complexity index is 472. The second-order valence-corrected chi connectivity index (χ2v) is 5.76. The first-order valence-corrected chi connectivity index (χ1v) is 7.45. The van der Waals surface area contributed by atoms with Gasteiger partial charge in [0.15, 0.2) is 0 Å². The Morgan fingerprint density at radius 2 is 2.15 bits per heavy atom. The molecule has 3 N–H and O–H groups in total. The van der Waals surface area contributed by atoms with Crippen LogP contribution in [0.2, 0.25) is 0 Å². The summed E-state index contributed by atoms with van der Waals surface area (Å²) in [5.74, 6) is 0. The van der Waals surface area contributed by atoms with E-state index in [4.69, 9.17) is 22.7 Å². The van der Waals surface area contributed by atoms with Gasteiger partial charge in [-0.3, -0.25) is 4.90 Å². The van der Waals surface area contributed by atoms with Crippen LogP contribution in [0.1, 0.15) is 18.1 Å². The predicted molar refractivity (Wildman–Crippen MR) is 87.4 cm³/mol. The Balaban J connectivity index is 2.03.